The molecule has 7 heteroatoms. The summed E-state index contributed by atoms with van der Waals surface area (Å²) in [7, 11) is 0. The molecule has 1 aromatic rings. The van der Waals surface area contributed by atoms with Gasteiger partial charge < -0.3 is 20.6 Å². The second-order valence-corrected chi connectivity index (χ2v) is 7.07. The van der Waals surface area contributed by atoms with E-state index in [1.165, 1.54) is 6.92 Å². The molecular formula is C22H27NO6. The molecule has 0 heterocycles. The number of aliphatic hydroxyl groups excluding tert-OH is 1. The summed E-state index contributed by atoms with van der Waals surface area (Å²) in [5.74, 6) is -4.09. The van der Waals surface area contributed by atoms with Gasteiger partial charge in [-0.25, -0.2) is 4.79 Å². The van der Waals surface area contributed by atoms with E-state index in [0.29, 0.717) is 0 Å². The Kier molecular flexibility index (Phi) is 9.02. The van der Waals surface area contributed by atoms with Gasteiger partial charge in [0.1, 0.15) is 0 Å². The van der Waals surface area contributed by atoms with Crippen LogP contribution in [0, 0.1) is 5.41 Å². The van der Waals surface area contributed by atoms with Crippen molar-refractivity contribution in [2.45, 2.75) is 32.7 Å². The first kappa shape index (κ1) is 23.8. The van der Waals surface area contributed by atoms with Crippen LogP contribution in [-0.2, 0) is 20.8 Å². The number of benzene rings is 1. The second-order valence-electron chi connectivity index (χ2n) is 7.07. The maximum Gasteiger partial charge on any atom is 0.394 e. The Morgan fingerprint density at radius 2 is 1.79 bits per heavy atom. The summed E-state index contributed by atoms with van der Waals surface area (Å²) in [5, 5.41) is 30.0. The van der Waals surface area contributed by atoms with Gasteiger partial charge in [0, 0.05) is 6.04 Å². The number of aliphatic hydroxyl groups is 1. The first-order chi connectivity index (χ1) is 13.6. The van der Waals surface area contributed by atoms with Gasteiger partial charge in [-0.2, -0.15) is 0 Å². The first-order valence-electron chi connectivity index (χ1n) is 9.06. The monoisotopic (exact) mass is 401 g/mol. The fourth-order valence-electron chi connectivity index (χ4n) is 2.75. The lowest BCUT2D eigenvalue weighted by Gasteiger charge is -2.28. The molecule has 156 valence electrons. The molecule has 0 aliphatic heterocycles. The zero-order valence-corrected chi connectivity index (χ0v) is 16.6. The van der Waals surface area contributed by atoms with Crippen LogP contribution in [0.3, 0.4) is 0 Å². The van der Waals surface area contributed by atoms with E-state index in [0.717, 1.165) is 16.7 Å². The molecule has 0 aromatic heterocycles. The van der Waals surface area contributed by atoms with E-state index in [9.17, 15) is 24.6 Å². The Morgan fingerprint density at radius 1 is 1.17 bits per heavy atom. The number of carboxylic acid groups (broad SMARTS) is 2. The minimum atomic E-state index is -1.65. The number of hydrogen-bond donors (Lipinski definition) is 4. The van der Waals surface area contributed by atoms with Crippen molar-refractivity contribution < 1.29 is 29.7 Å². The Hall–Kier alpha value is -3.19. The Bertz CT molecular complexity index is 809. The minimum absolute atomic E-state index is 0.120. The van der Waals surface area contributed by atoms with Crippen LogP contribution in [0.1, 0.15) is 31.4 Å². The highest BCUT2D eigenvalue weighted by molar-refractivity contribution is 6.31. The summed E-state index contributed by atoms with van der Waals surface area (Å²) in [6, 6.07) is 6.68. The van der Waals surface area contributed by atoms with Crippen molar-refractivity contribution in [3.8, 4) is 0 Å². The molecule has 0 radical (unpaired) electrons. The zero-order chi connectivity index (χ0) is 22.0. The number of nitrogens with one attached hydrogen (secondary N) is 1. The lowest BCUT2D eigenvalue weighted by molar-refractivity contribution is -0.152. The van der Waals surface area contributed by atoms with Crippen LogP contribution in [0.15, 0.2) is 55.1 Å². The van der Waals surface area contributed by atoms with Crippen molar-refractivity contribution in [1.82, 2.24) is 5.32 Å². The molecule has 1 amide bonds. The largest absolute Gasteiger partial charge is 0.481 e. The van der Waals surface area contributed by atoms with Crippen LogP contribution in [0.4, 0.5) is 0 Å². The molecular weight excluding hydrogens is 374 g/mol. The highest BCUT2D eigenvalue weighted by Gasteiger charge is 2.36. The van der Waals surface area contributed by atoms with Gasteiger partial charge in [0.2, 0.25) is 0 Å². The van der Waals surface area contributed by atoms with Crippen molar-refractivity contribution in [3.63, 3.8) is 0 Å². The maximum absolute atomic E-state index is 11.6. The third kappa shape index (κ3) is 7.38. The van der Waals surface area contributed by atoms with Crippen molar-refractivity contribution >= 4 is 23.4 Å². The fourth-order valence-corrected chi connectivity index (χ4v) is 2.75. The fraction of sp³-hybridized carbons (Fsp3) is 0.318. The maximum atomic E-state index is 11.6. The summed E-state index contributed by atoms with van der Waals surface area (Å²) in [4.78, 5) is 34.0. The van der Waals surface area contributed by atoms with Crippen molar-refractivity contribution in [3.05, 3.63) is 66.3 Å². The highest BCUT2D eigenvalue weighted by Crippen LogP contribution is 2.25. The van der Waals surface area contributed by atoms with Crippen LogP contribution < -0.4 is 5.32 Å². The molecule has 0 aliphatic carbocycles. The first-order valence-corrected chi connectivity index (χ1v) is 9.06. The van der Waals surface area contributed by atoms with E-state index in [4.69, 9.17) is 5.11 Å². The topological polar surface area (TPSA) is 124 Å². The van der Waals surface area contributed by atoms with E-state index < -0.39 is 35.9 Å². The summed E-state index contributed by atoms with van der Waals surface area (Å²) in [6.45, 7) is 6.28. The quantitative estimate of drug-likeness (QED) is 0.353. The Balaban J connectivity index is 3.03. The summed E-state index contributed by atoms with van der Waals surface area (Å²) < 4.78 is 0. The van der Waals surface area contributed by atoms with E-state index in [2.05, 4.69) is 11.9 Å². The van der Waals surface area contributed by atoms with E-state index in [1.807, 2.05) is 49.4 Å². The summed E-state index contributed by atoms with van der Waals surface area (Å²) in [5.41, 5.74) is 1.31. The van der Waals surface area contributed by atoms with Crippen molar-refractivity contribution in [2.24, 2.45) is 5.41 Å². The lowest BCUT2D eigenvalue weighted by atomic mass is 9.82. The molecule has 1 rings (SSSR count). The summed E-state index contributed by atoms with van der Waals surface area (Å²) in [6.07, 6.45) is 7.40. The smallest absolute Gasteiger partial charge is 0.394 e. The second kappa shape index (κ2) is 11.0. The van der Waals surface area contributed by atoms with Crippen LogP contribution in [-0.4, -0.2) is 45.8 Å². The third-order valence-electron chi connectivity index (χ3n) is 4.58. The Morgan fingerprint density at radius 3 is 2.28 bits per heavy atom. The van der Waals surface area contributed by atoms with Crippen LogP contribution in [0.5, 0.6) is 0 Å². The minimum Gasteiger partial charge on any atom is -0.481 e. The molecule has 29 heavy (non-hydrogen) atoms. The third-order valence-corrected chi connectivity index (χ3v) is 4.58. The van der Waals surface area contributed by atoms with Gasteiger partial charge in [-0.05, 0) is 43.4 Å². The number of carbonyl (C=O) groups excluding carboxylic acids is 1. The van der Waals surface area contributed by atoms with Gasteiger partial charge in [0.05, 0.1) is 12.0 Å². The molecule has 0 spiro atoms. The van der Waals surface area contributed by atoms with Crippen LogP contribution in [0.25, 0.3) is 5.57 Å². The molecule has 1 aromatic carbocycles. The molecule has 2 atom stereocenters. The molecule has 7 nitrogen and oxygen atoms in total. The number of amides is 1. The van der Waals surface area contributed by atoms with Gasteiger partial charge in [-0.1, -0.05) is 55.1 Å². The average molecular weight is 401 g/mol. The molecule has 0 fully saturated rings. The number of carboxylic acids is 2. The van der Waals surface area contributed by atoms with Crippen molar-refractivity contribution in [1.29, 1.82) is 0 Å². The predicted octanol–water partition coefficient (Wildman–Crippen LogP) is 2.42. The van der Waals surface area contributed by atoms with Gasteiger partial charge in [-0.3, -0.25) is 9.59 Å². The van der Waals surface area contributed by atoms with Crippen LogP contribution >= 0.6 is 0 Å². The lowest BCUT2D eigenvalue weighted by Crippen LogP contribution is -2.46. The standard InChI is InChI=1S/C22H27NO6/c1-4-5-6-7-15(2)17-10-8-16(9-11-17)12-18(23-19(25)20(26)27)13-22(3,14-24)21(28)29/h4-11,18,24H,1,12-14H2,2-3H3,(H,23,25)(H,26,27)(H,28,29)/b6-5-,15-7+/t18-,22+/m1/s1. The number of carbonyl (C=O) groups is 3. The van der Waals surface area contributed by atoms with E-state index in [-0.39, 0.29) is 12.8 Å². The molecule has 0 bridgehead atoms. The normalized spacial score (nSPS) is 14.8. The zero-order valence-electron chi connectivity index (χ0n) is 16.6. The molecule has 0 saturated carbocycles. The van der Waals surface area contributed by atoms with E-state index in [1.54, 1.807) is 6.08 Å². The SMILES string of the molecule is C=C/C=C\C=C(/C)c1ccc(C[C@H](C[C@@](C)(CO)C(=O)O)NC(=O)C(=O)O)cc1. The Labute approximate surface area is 170 Å². The number of allylic oxidation sites excluding steroid dienone is 5. The van der Waals surface area contributed by atoms with Gasteiger partial charge in [-0.15, -0.1) is 0 Å². The average Bonchev–Trinajstić information content (AvgIpc) is 2.68. The highest BCUT2D eigenvalue weighted by atomic mass is 16.4. The molecule has 0 saturated heterocycles. The van der Waals surface area contributed by atoms with Gasteiger partial charge >= 0.3 is 17.8 Å². The molecule has 0 aliphatic rings. The van der Waals surface area contributed by atoms with Crippen molar-refractivity contribution in [2.75, 3.05) is 6.61 Å². The number of rotatable bonds is 10. The number of hydrogen-bond acceptors (Lipinski definition) is 4. The van der Waals surface area contributed by atoms with Gasteiger partial charge in [0.15, 0.2) is 0 Å². The van der Waals surface area contributed by atoms with E-state index >= 15 is 0 Å². The molecule has 0 unspecified atom stereocenters. The van der Waals surface area contributed by atoms with Gasteiger partial charge in [0.25, 0.3) is 0 Å². The summed E-state index contributed by atoms with van der Waals surface area (Å²) >= 11 is 0. The number of aliphatic carboxylic acids is 2. The predicted molar refractivity (Wildman–Crippen MR) is 110 cm³/mol. The van der Waals surface area contributed by atoms with Crippen LogP contribution in [0.2, 0.25) is 0 Å². The molecule has 4 N–H and O–H groups in total.